The first-order valence-corrected chi connectivity index (χ1v) is 10.8. The van der Waals surface area contributed by atoms with E-state index < -0.39 is 9.84 Å². The van der Waals surface area contributed by atoms with Crippen LogP contribution < -0.4 is 10.6 Å². The predicted molar refractivity (Wildman–Crippen MR) is 117 cm³/mol. The molecule has 1 rings (SSSR count). The van der Waals surface area contributed by atoms with Gasteiger partial charge in [0.1, 0.15) is 22.0 Å². The maximum absolute atomic E-state index is 11.4. The zero-order valence-electron chi connectivity index (χ0n) is 16.4. The monoisotopic (exact) mass is 500 g/mol. The molecule has 0 unspecified atom stereocenters. The van der Waals surface area contributed by atoms with E-state index in [2.05, 4.69) is 32.7 Å². The molecule has 0 aliphatic heterocycles. The molecule has 0 aromatic carbocycles. The maximum Gasteiger partial charge on any atom is 0.191 e. The van der Waals surface area contributed by atoms with Crippen molar-refractivity contribution in [2.24, 2.45) is 10.4 Å². The molecule has 0 saturated heterocycles. The van der Waals surface area contributed by atoms with Gasteiger partial charge in [-0.2, -0.15) is 0 Å². The number of nitrogens with zero attached hydrogens (tertiary/aromatic N) is 4. The molecule has 152 valence electrons. The number of nitrogens with one attached hydrogen (secondary N) is 2. The van der Waals surface area contributed by atoms with Gasteiger partial charge in [0.2, 0.25) is 0 Å². The molecule has 2 N–H and O–H groups in total. The summed E-state index contributed by atoms with van der Waals surface area (Å²) < 4.78 is 24.7. The fourth-order valence-electron chi connectivity index (χ4n) is 2.21. The van der Waals surface area contributed by atoms with E-state index >= 15 is 0 Å². The molecule has 0 saturated carbocycles. The van der Waals surface area contributed by atoms with Gasteiger partial charge in [-0.05, 0) is 18.8 Å². The molecule has 8 nitrogen and oxygen atoms in total. The van der Waals surface area contributed by atoms with Crippen molar-refractivity contribution in [1.82, 2.24) is 25.4 Å². The fraction of sp³-hybridized carbons (Fsp3) is 0.812. The van der Waals surface area contributed by atoms with Crippen LogP contribution in [0, 0.1) is 5.41 Å². The lowest BCUT2D eigenvalue weighted by atomic mass is 9.90. The normalized spacial score (nSPS) is 12.6. The van der Waals surface area contributed by atoms with E-state index in [1.165, 1.54) is 6.26 Å². The number of rotatable bonds is 10. The van der Waals surface area contributed by atoms with Crippen molar-refractivity contribution in [2.75, 3.05) is 31.6 Å². The summed E-state index contributed by atoms with van der Waals surface area (Å²) in [5, 5.41) is 14.5. The molecule has 0 atom stereocenters. The van der Waals surface area contributed by atoms with Crippen LogP contribution in [-0.2, 0) is 22.8 Å². The first-order chi connectivity index (χ1) is 11.7. The number of guanidine groups is 1. The van der Waals surface area contributed by atoms with Gasteiger partial charge >= 0.3 is 0 Å². The van der Waals surface area contributed by atoms with Crippen LogP contribution in [0.2, 0.25) is 0 Å². The van der Waals surface area contributed by atoms with Gasteiger partial charge in [0.25, 0.3) is 0 Å². The van der Waals surface area contributed by atoms with Gasteiger partial charge in [0.15, 0.2) is 5.96 Å². The van der Waals surface area contributed by atoms with Crippen LogP contribution in [0.1, 0.15) is 39.9 Å². The molecule has 0 fully saturated rings. The molecule has 1 aromatic rings. The topological polar surface area (TPSA) is 101 Å². The predicted octanol–water partition coefficient (Wildman–Crippen LogP) is 1.47. The van der Waals surface area contributed by atoms with Gasteiger partial charge in [0, 0.05) is 38.9 Å². The summed E-state index contributed by atoms with van der Waals surface area (Å²) in [6, 6.07) is 0. The second-order valence-electron chi connectivity index (χ2n) is 6.96. The minimum Gasteiger partial charge on any atom is -0.357 e. The second-order valence-corrected chi connectivity index (χ2v) is 9.22. The molecule has 1 heterocycles. The highest BCUT2D eigenvalue weighted by molar-refractivity contribution is 14.0. The van der Waals surface area contributed by atoms with Gasteiger partial charge in [-0.25, -0.2) is 8.42 Å². The van der Waals surface area contributed by atoms with Gasteiger partial charge in [-0.15, -0.1) is 34.2 Å². The van der Waals surface area contributed by atoms with Crippen LogP contribution in [-0.4, -0.2) is 60.8 Å². The van der Waals surface area contributed by atoms with Crippen molar-refractivity contribution in [3.05, 3.63) is 12.2 Å². The zero-order chi connectivity index (χ0) is 18.9. The molecule has 0 spiro atoms. The highest BCUT2D eigenvalue weighted by atomic mass is 127. The molecule has 26 heavy (non-hydrogen) atoms. The first kappa shape index (κ1) is 25.1. The van der Waals surface area contributed by atoms with Gasteiger partial charge in [0.05, 0.1) is 5.75 Å². The number of aliphatic imine (C=N–C) groups is 1. The van der Waals surface area contributed by atoms with Crippen LogP contribution in [0.3, 0.4) is 0 Å². The smallest absolute Gasteiger partial charge is 0.191 e. The lowest BCUT2D eigenvalue weighted by Crippen LogP contribution is -2.39. The summed E-state index contributed by atoms with van der Waals surface area (Å²) in [5.74, 6) is 1.89. The summed E-state index contributed by atoms with van der Waals surface area (Å²) >= 11 is 0. The molecular weight excluding hydrogens is 467 g/mol. The van der Waals surface area contributed by atoms with Crippen molar-refractivity contribution in [1.29, 1.82) is 0 Å². The average molecular weight is 500 g/mol. The summed E-state index contributed by atoms with van der Waals surface area (Å²) in [5.41, 5.74) is -0.172. The van der Waals surface area contributed by atoms with E-state index in [9.17, 15) is 8.42 Å². The minimum absolute atomic E-state index is 0. The van der Waals surface area contributed by atoms with E-state index in [-0.39, 0.29) is 35.1 Å². The van der Waals surface area contributed by atoms with Crippen molar-refractivity contribution in [2.45, 2.75) is 47.1 Å². The third kappa shape index (κ3) is 10.3. The van der Waals surface area contributed by atoms with Gasteiger partial charge in [-0.1, -0.05) is 20.8 Å². The van der Waals surface area contributed by atoms with Gasteiger partial charge in [-0.3, -0.25) is 4.99 Å². The number of halogens is 1. The average Bonchev–Trinajstić information content (AvgIpc) is 2.98. The number of aromatic nitrogens is 3. The molecule has 0 aliphatic carbocycles. The second kappa shape index (κ2) is 11.7. The highest BCUT2D eigenvalue weighted by Crippen LogP contribution is 2.21. The van der Waals surface area contributed by atoms with Crippen LogP contribution in [0.4, 0.5) is 0 Å². The first-order valence-electron chi connectivity index (χ1n) is 8.73. The summed E-state index contributed by atoms with van der Waals surface area (Å²) in [6.07, 6.45) is 4.45. The Hall–Kier alpha value is -0.910. The number of sulfone groups is 1. The molecule has 0 bridgehead atoms. The number of hydrogen-bond donors (Lipinski definition) is 2. The van der Waals surface area contributed by atoms with Crippen molar-refractivity contribution in [3.63, 3.8) is 0 Å². The standard InChI is InChI=1S/C16H32N6O2S.HI/c1-6-14-21-20-13-22(14)10-9-18-15(17-7-2)19-12-16(3,4)8-11-25(5,23)24;/h13H,6-12H2,1-5H3,(H2,17,18,19);1H. The van der Waals surface area contributed by atoms with Crippen LogP contribution in [0.15, 0.2) is 11.3 Å². The Morgan fingerprint density at radius 2 is 2.00 bits per heavy atom. The highest BCUT2D eigenvalue weighted by Gasteiger charge is 2.20. The minimum atomic E-state index is -2.95. The fourth-order valence-corrected chi connectivity index (χ4v) is 3.13. The maximum atomic E-state index is 11.4. The molecular formula is C16H33IN6O2S. The Morgan fingerprint density at radius 1 is 1.31 bits per heavy atom. The number of hydrogen-bond acceptors (Lipinski definition) is 5. The quantitative estimate of drug-likeness (QED) is 0.287. The third-order valence-electron chi connectivity index (χ3n) is 3.82. The SMILES string of the molecule is CCNC(=NCC(C)(C)CCS(C)(=O)=O)NCCn1cnnc1CC.I. The molecule has 0 amide bonds. The molecule has 1 aromatic heterocycles. The van der Waals surface area contributed by atoms with Crippen LogP contribution >= 0.6 is 24.0 Å². The van der Waals surface area contributed by atoms with E-state index in [0.29, 0.717) is 19.5 Å². The Labute approximate surface area is 174 Å². The van der Waals surface area contributed by atoms with E-state index in [1.54, 1.807) is 6.33 Å². The Bertz CT molecular complexity index is 657. The van der Waals surface area contributed by atoms with E-state index in [0.717, 1.165) is 31.3 Å². The third-order valence-corrected chi connectivity index (χ3v) is 4.76. The van der Waals surface area contributed by atoms with E-state index in [4.69, 9.17) is 0 Å². The summed E-state index contributed by atoms with van der Waals surface area (Å²) in [6.45, 7) is 10.9. The lowest BCUT2D eigenvalue weighted by molar-refractivity contribution is 0.365. The summed E-state index contributed by atoms with van der Waals surface area (Å²) in [7, 11) is -2.95. The molecule has 0 radical (unpaired) electrons. The Morgan fingerprint density at radius 3 is 2.58 bits per heavy atom. The Balaban J connectivity index is 0.00000625. The summed E-state index contributed by atoms with van der Waals surface area (Å²) in [4.78, 5) is 4.61. The van der Waals surface area contributed by atoms with E-state index in [1.807, 2.05) is 25.3 Å². The van der Waals surface area contributed by atoms with Crippen molar-refractivity contribution < 1.29 is 8.42 Å². The van der Waals surface area contributed by atoms with Crippen LogP contribution in [0.25, 0.3) is 0 Å². The molecule has 10 heteroatoms. The largest absolute Gasteiger partial charge is 0.357 e. The van der Waals surface area contributed by atoms with Crippen LogP contribution in [0.5, 0.6) is 0 Å². The molecule has 0 aliphatic rings. The van der Waals surface area contributed by atoms with Crippen molar-refractivity contribution >= 4 is 39.8 Å². The van der Waals surface area contributed by atoms with Gasteiger partial charge < -0.3 is 15.2 Å². The van der Waals surface area contributed by atoms with Crippen molar-refractivity contribution in [3.8, 4) is 0 Å². The zero-order valence-corrected chi connectivity index (χ0v) is 19.6. The lowest BCUT2D eigenvalue weighted by Gasteiger charge is -2.22. The Kier molecular flexibility index (Phi) is 11.3. The number of aryl methyl sites for hydroxylation is 1.